The van der Waals surface area contributed by atoms with E-state index in [9.17, 15) is 4.39 Å². The molecule has 0 spiro atoms. The Bertz CT molecular complexity index is 1850. The van der Waals surface area contributed by atoms with Crippen LogP contribution in [-0.4, -0.2) is 63.0 Å². The fourth-order valence-electron chi connectivity index (χ4n) is 5.49. The summed E-state index contributed by atoms with van der Waals surface area (Å²) in [7, 11) is 3.30. The zero-order valence-electron chi connectivity index (χ0n) is 23.2. The quantitative estimate of drug-likeness (QED) is 0.293. The Kier molecular flexibility index (Phi) is 7.43. The van der Waals surface area contributed by atoms with Gasteiger partial charge in [-0.1, -0.05) is 13.0 Å². The first-order valence-electron chi connectivity index (χ1n) is 13.7. The smallest absolute Gasteiger partial charge is 0.138 e. The number of H-pyrrole nitrogens is 2. The molecule has 0 unspecified atom stereocenters. The van der Waals surface area contributed by atoms with Gasteiger partial charge in [0.25, 0.3) is 0 Å². The lowest BCUT2D eigenvalue weighted by molar-refractivity contribution is 0.220. The average molecular weight is 550 g/mol. The molecule has 1 aromatic carbocycles. The van der Waals surface area contributed by atoms with E-state index in [0.717, 1.165) is 52.8 Å². The van der Waals surface area contributed by atoms with Crippen LogP contribution in [-0.2, 0) is 6.54 Å². The highest BCUT2D eigenvalue weighted by Crippen LogP contribution is 2.32. The highest BCUT2D eigenvalue weighted by atomic mass is 19.1. The summed E-state index contributed by atoms with van der Waals surface area (Å²) in [6, 6.07) is 10.7. The van der Waals surface area contributed by atoms with Crippen LogP contribution in [0.4, 0.5) is 4.39 Å². The van der Waals surface area contributed by atoms with Crippen LogP contribution < -0.4 is 15.3 Å². The Morgan fingerprint density at radius 3 is 2.80 bits per heavy atom. The molecule has 0 radical (unpaired) electrons. The maximum Gasteiger partial charge on any atom is 0.138 e. The largest absolute Gasteiger partial charge is 0.497 e. The Morgan fingerprint density at radius 1 is 1.15 bits per heavy atom. The van der Waals surface area contributed by atoms with Gasteiger partial charge in [-0.05, 0) is 79.0 Å². The topological polar surface area (TPSA) is 95.1 Å². The Balaban J connectivity index is 1.38. The Morgan fingerprint density at radius 2 is 2.00 bits per heavy atom. The minimum absolute atomic E-state index is 0.369. The van der Waals surface area contributed by atoms with Crippen molar-refractivity contribution in [2.24, 2.45) is 4.99 Å². The van der Waals surface area contributed by atoms with Crippen molar-refractivity contribution in [2.45, 2.75) is 25.8 Å². The number of methoxy groups -OCH3 is 1. The number of halogens is 1. The van der Waals surface area contributed by atoms with Crippen LogP contribution in [0.3, 0.4) is 0 Å². The first kappa shape index (κ1) is 26.6. The van der Waals surface area contributed by atoms with Crippen molar-refractivity contribution in [2.75, 3.05) is 27.2 Å². The van der Waals surface area contributed by atoms with Crippen molar-refractivity contribution in [3.05, 3.63) is 82.5 Å². The zero-order chi connectivity index (χ0) is 28.3. The van der Waals surface area contributed by atoms with E-state index >= 15 is 0 Å². The number of nitrogens with zero attached hydrogens (tertiary/aromatic N) is 5. The fourth-order valence-corrected chi connectivity index (χ4v) is 5.49. The number of ether oxygens (including phenoxy) is 1. The van der Waals surface area contributed by atoms with Crippen LogP contribution >= 0.6 is 0 Å². The number of piperidine rings is 1. The first-order valence-corrected chi connectivity index (χ1v) is 13.7. The first-order chi connectivity index (χ1) is 20.0. The van der Waals surface area contributed by atoms with Crippen LogP contribution in [0.25, 0.3) is 46.2 Å². The molecule has 0 aliphatic carbocycles. The number of hydrogen-bond acceptors (Lipinski definition) is 6. The van der Waals surface area contributed by atoms with Crippen molar-refractivity contribution in [3.63, 3.8) is 0 Å². The summed E-state index contributed by atoms with van der Waals surface area (Å²) < 4.78 is 19.6. The number of fused-ring (bicyclic) bond motifs is 1. The number of nitrogens with one attached hydrogen (secondary N) is 2. The lowest BCUT2D eigenvalue weighted by Gasteiger charge is -2.26. The molecule has 0 atom stereocenters. The highest BCUT2D eigenvalue weighted by Gasteiger charge is 2.15. The summed E-state index contributed by atoms with van der Waals surface area (Å²) in [5, 5.41) is 9.91. The molecular formula is C32H32FN7O. The van der Waals surface area contributed by atoms with Gasteiger partial charge in [-0.2, -0.15) is 5.10 Å². The van der Waals surface area contributed by atoms with E-state index in [1.165, 1.54) is 44.1 Å². The Hall–Kier alpha value is -4.63. The van der Waals surface area contributed by atoms with Gasteiger partial charge in [-0.3, -0.25) is 20.0 Å². The van der Waals surface area contributed by atoms with Gasteiger partial charge in [0.1, 0.15) is 22.9 Å². The molecule has 208 valence electrons. The molecule has 8 nitrogen and oxygen atoms in total. The monoisotopic (exact) mass is 549 g/mol. The van der Waals surface area contributed by atoms with E-state index in [2.05, 4.69) is 47.7 Å². The van der Waals surface area contributed by atoms with Crippen LogP contribution in [0.15, 0.2) is 60.0 Å². The molecule has 1 saturated heterocycles. The third-order valence-corrected chi connectivity index (χ3v) is 7.56. The van der Waals surface area contributed by atoms with Gasteiger partial charge in [-0.25, -0.2) is 9.37 Å². The molecule has 5 aromatic rings. The van der Waals surface area contributed by atoms with E-state index in [-0.39, 0.29) is 5.82 Å². The highest BCUT2D eigenvalue weighted by molar-refractivity contribution is 6.21. The predicted molar refractivity (Wildman–Crippen MR) is 161 cm³/mol. The molecule has 4 aromatic heterocycles. The van der Waals surface area contributed by atoms with E-state index in [1.54, 1.807) is 13.2 Å². The number of pyridine rings is 2. The maximum atomic E-state index is 14.3. The third-order valence-electron chi connectivity index (χ3n) is 7.56. The number of benzene rings is 1. The van der Waals surface area contributed by atoms with Crippen molar-refractivity contribution >= 4 is 29.4 Å². The number of aromatic nitrogens is 5. The lowest BCUT2D eigenvalue weighted by Crippen LogP contribution is -2.29. The minimum Gasteiger partial charge on any atom is -0.497 e. The van der Waals surface area contributed by atoms with Crippen LogP contribution in [0, 0.1) is 5.82 Å². The molecule has 41 heavy (non-hydrogen) atoms. The number of likely N-dealkylation sites (tertiary alicyclic amines) is 1. The van der Waals surface area contributed by atoms with E-state index < -0.39 is 0 Å². The average Bonchev–Trinajstić information content (AvgIpc) is 3.59. The second-order valence-electron chi connectivity index (χ2n) is 10.3. The predicted octanol–water partition coefficient (Wildman–Crippen LogP) is 4.46. The summed E-state index contributed by atoms with van der Waals surface area (Å²) in [6.45, 7) is 7.32. The second-order valence-corrected chi connectivity index (χ2v) is 10.3. The summed E-state index contributed by atoms with van der Waals surface area (Å²) in [5.74, 6) is 0.0827. The van der Waals surface area contributed by atoms with E-state index in [0.29, 0.717) is 28.0 Å². The van der Waals surface area contributed by atoms with Crippen LogP contribution in [0.2, 0.25) is 0 Å². The molecule has 0 amide bonds. The molecule has 1 fully saturated rings. The molecule has 0 saturated carbocycles. The molecule has 1 aliphatic heterocycles. The van der Waals surface area contributed by atoms with Crippen LogP contribution in [0.5, 0.6) is 5.75 Å². The van der Waals surface area contributed by atoms with Crippen molar-refractivity contribution in [1.29, 1.82) is 0 Å². The van der Waals surface area contributed by atoms with E-state index in [1.807, 2.05) is 36.7 Å². The molecule has 0 bridgehead atoms. The van der Waals surface area contributed by atoms with Crippen LogP contribution in [0.1, 0.15) is 30.4 Å². The molecular weight excluding hydrogens is 517 g/mol. The summed E-state index contributed by atoms with van der Waals surface area (Å²) >= 11 is 0. The van der Waals surface area contributed by atoms with Crippen molar-refractivity contribution < 1.29 is 9.13 Å². The van der Waals surface area contributed by atoms with Gasteiger partial charge < -0.3 is 9.72 Å². The van der Waals surface area contributed by atoms with Gasteiger partial charge in [0.05, 0.1) is 23.9 Å². The number of hydrogen-bond donors (Lipinski definition) is 2. The van der Waals surface area contributed by atoms with Crippen molar-refractivity contribution in [3.8, 4) is 28.3 Å². The van der Waals surface area contributed by atoms with Gasteiger partial charge in [0, 0.05) is 54.4 Å². The number of aliphatic imine (C=N–C) groups is 1. The number of rotatable bonds is 7. The lowest BCUT2D eigenvalue weighted by atomic mass is 10.0. The fraction of sp³-hybridized carbons (Fsp3) is 0.250. The standard InChI is InChI=1S/C32H32FN7O/c1-20-27(15-29(34-2)23-11-21(17-35-18-23)19-40-9-5-4-6-10-40)31(39-38-20)30-16-28-26(7-8-36-32(28)37-30)22-12-24(33)14-25(13-22)41-3/h7-8,11-18,38H,1,4-6,9-10,19H2,2-3H3,(H,36,37)/b27-15+,34-29+. The molecule has 9 heteroatoms. The summed E-state index contributed by atoms with van der Waals surface area (Å²) in [6.07, 6.45) is 11.3. The number of aromatic amines is 2. The molecule has 1 aliphatic rings. The summed E-state index contributed by atoms with van der Waals surface area (Å²) in [4.78, 5) is 19.5. The van der Waals surface area contributed by atoms with E-state index in [4.69, 9.17) is 4.74 Å². The third kappa shape index (κ3) is 5.53. The van der Waals surface area contributed by atoms with Crippen molar-refractivity contribution in [1.82, 2.24) is 30.0 Å². The SMILES string of the molecule is C=c1[nH]nc(-c2cc3c(-c4cc(F)cc(OC)c4)ccnc3[nH]2)/c1=C/C(=N\C)c1cncc(CN2CCCCC2)c1. The molecule has 5 heterocycles. The van der Waals surface area contributed by atoms with Gasteiger partial charge in [0.2, 0.25) is 0 Å². The Labute approximate surface area is 237 Å². The zero-order valence-corrected chi connectivity index (χ0v) is 23.2. The van der Waals surface area contributed by atoms with Gasteiger partial charge in [-0.15, -0.1) is 0 Å². The maximum absolute atomic E-state index is 14.3. The van der Waals surface area contributed by atoms with Gasteiger partial charge >= 0.3 is 0 Å². The molecule has 2 N–H and O–H groups in total. The van der Waals surface area contributed by atoms with Gasteiger partial charge in [0.15, 0.2) is 0 Å². The minimum atomic E-state index is -0.369. The normalized spacial score (nSPS) is 15.1. The summed E-state index contributed by atoms with van der Waals surface area (Å²) in [5.41, 5.74) is 6.54. The molecule has 6 rings (SSSR count). The second kappa shape index (κ2) is 11.5.